The number of benzene rings is 2. The molecule has 0 saturated heterocycles. The highest BCUT2D eigenvalue weighted by atomic mass is 16.5. The van der Waals surface area contributed by atoms with Crippen LogP contribution in [0.5, 0.6) is 5.75 Å². The molecule has 0 unspecified atom stereocenters. The Bertz CT molecular complexity index is 991. The molecule has 0 spiro atoms. The lowest BCUT2D eigenvalue weighted by Crippen LogP contribution is -2.35. The van der Waals surface area contributed by atoms with Crippen molar-refractivity contribution in [1.82, 2.24) is 10.6 Å². The zero-order valence-corrected chi connectivity index (χ0v) is 15.4. The maximum atomic E-state index is 12.1. The lowest BCUT2D eigenvalue weighted by molar-refractivity contribution is -0.122. The minimum absolute atomic E-state index is 0.0698. The summed E-state index contributed by atoms with van der Waals surface area (Å²) in [6, 6.07) is 17.3. The first kappa shape index (κ1) is 18.1. The summed E-state index contributed by atoms with van der Waals surface area (Å²) >= 11 is 0. The van der Waals surface area contributed by atoms with Gasteiger partial charge in [-0.25, -0.2) is 0 Å². The number of hydrogen-bond donors (Lipinski definition) is 2. The van der Waals surface area contributed by atoms with E-state index in [0.717, 1.165) is 29.4 Å². The summed E-state index contributed by atoms with van der Waals surface area (Å²) in [7, 11) is 0. The predicted octanol–water partition coefficient (Wildman–Crippen LogP) is 3.27. The molecule has 144 valence electrons. The Balaban J connectivity index is 1.24. The van der Waals surface area contributed by atoms with Crippen molar-refractivity contribution >= 4 is 22.6 Å². The molecule has 28 heavy (non-hydrogen) atoms. The molecule has 0 radical (unpaired) electrons. The number of fused-ring (bicyclic) bond motifs is 1. The van der Waals surface area contributed by atoms with Gasteiger partial charge in [0.25, 0.3) is 5.91 Å². The van der Waals surface area contributed by atoms with Gasteiger partial charge in [0, 0.05) is 19.0 Å². The highest BCUT2D eigenvalue weighted by Gasteiger charge is 2.29. The first-order chi connectivity index (χ1) is 13.7. The molecule has 2 aromatic carbocycles. The van der Waals surface area contributed by atoms with Crippen LogP contribution in [0.15, 0.2) is 59.0 Å². The summed E-state index contributed by atoms with van der Waals surface area (Å²) in [5, 5.41) is 7.79. The normalized spacial score (nSPS) is 13.3. The fraction of sp³-hybridized carbons (Fsp3) is 0.273. The van der Waals surface area contributed by atoms with Gasteiger partial charge in [0.2, 0.25) is 5.91 Å². The van der Waals surface area contributed by atoms with E-state index in [0.29, 0.717) is 18.8 Å². The average molecular weight is 378 g/mol. The number of hydrogen-bond acceptors (Lipinski definition) is 4. The fourth-order valence-corrected chi connectivity index (χ4v) is 2.93. The summed E-state index contributed by atoms with van der Waals surface area (Å²) in [4.78, 5) is 23.6. The van der Waals surface area contributed by atoms with Crippen LogP contribution in [-0.4, -0.2) is 24.9 Å². The Morgan fingerprint density at radius 3 is 2.57 bits per heavy atom. The second-order valence-electron chi connectivity index (χ2n) is 6.88. The summed E-state index contributed by atoms with van der Waals surface area (Å²) < 4.78 is 11.3. The Labute approximate surface area is 162 Å². The molecule has 0 bridgehead atoms. The van der Waals surface area contributed by atoms with Crippen molar-refractivity contribution in [3.63, 3.8) is 0 Å². The summed E-state index contributed by atoms with van der Waals surface area (Å²) in [6.45, 7) is 1.02. The molecular weight excluding hydrogens is 356 g/mol. The first-order valence-electron chi connectivity index (χ1n) is 9.45. The molecule has 1 saturated carbocycles. The van der Waals surface area contributed by atoms with E-state index in [9.17, 15) is 9.59 Å². The molecule has 2 amide bonds. The van der Waals surface area contributed by atoms with Crippen molar-refractivity contribution in [1.29, 1.82) is 0 Å². The first-order valence-corrected chi connectivity index (χ1v) is 9.45. The lowest BCUT2D eigenvalue weighted by atomic mass is 10.1. The number of furan rings is 1. The molecule has 1 aliphatic carbocycles. The van der Waals surface area contributed by atoms with Crippen molar-refractivity contribution in [3.8, 4) is 5.75 Å². The minimum Gasteiger partial charge on any atom is -0.486 e. The van der Waals surface area contributed by atoms with Crippen molar-refractivity contribution in [2.75, 3.05) is 13.1 Å². The van der Waals surface area contributed by atoms with Crippen LogP contribution in [0.4, 0.5) is 0 Å². The Kier molecular flexibility index (Phi) is 5.28. The number of ether oxygens (including phenoxy) is 1. The maximum Gasteiger partial charge on any atom is 0.287 e. The standard InChI is InChI=1S/C22H22N2O4/c25-21(16-5-6-16)23-11-12-24-22(26)20-10-9-19(28-20)14-27-18-8-7-15-3-1-2-4-17(15)13-18/h1-4,7-10,13,16H,5-6,11-12,14H2,(H,23,25)(H,24,26). The van der Waals surface area contributed by atoms with Gasteiger partial charge in [-0.05, 0) is 47.9 Å². The SMILES string of the molecule is O=C(NCCNC(=O)C1CC1)c1ccc(COc2ccc3ccccc3c2)o1. The van der Waals surface area contributed by atoms with Crippen LogP contribution in [-0.2, 0) is 11.4 Å². The van der Waals surface area contributed by atoms with Gasteiger partial charge < -0.3 is 19.8 Å². The Morgan fingerprint density at radius 1 is 0.964 bits per heavy atom. The molecule has 1 aliphatic rings. The largest absolute Gasteiger partial charge is 0.486 e. The van der Waals surface area contributed by atoms with Gasteiger partial charge in [-0.15, -0.1) is 0 Å². The van der Waals surface area contributed by atoms with E-state index in [-0.39, 0.29) is 30.1 Å². The van der Waals surface area contributed by atoms with Gasteiger partial charge in [0.1, 0.15) is 18.1 Å². The van der Waals surface area contributed by atoms with Crippen molar-refractivity contribution in [2.24, 2.45) is 5.92 Å². The topological polar surface area (TPSA) is 80.6 Å². The van der Waals surface area contributed by atoms with Gasteiger partial charge in [-0.3, -0.25) is 9.59 Å². The van der Waals surface area contributed by atoms with Crippen LogP contribution in [0.1, 0.15) is 29.2 Å². The van der Waals surface area contributed by atoms with Crippen LogP contribution in [0.3, 0.4) is 0 Å². The molecule has 4 rings (SSSR count). The Morgan fingerprint density at radius 2 is 1.75 bits per heavy atom. The monoisotopic (exact) mass is 378 g/mol. The molecular formula is C22H22N2O4. The van der Waals surface area contributed by atoms with Gasteiger partial charge in [0.05, 0.1) is 0 Å². The molecule has 3 aromatic rings. The van der Waals surface area contributed by atoms with E-state index in [1.165, 1.54) is 0 Å². The van der Waals surface area contributed by atoms with Crippen LogP contribution >= 0.6 is 0 Å². The molecule has 0 aliphatic heterocycles. The highest BCUT2D eigenvalue weighted by molar-refractivity contribution is 5.91. The van der Waals surface area contributed by atoms with Crippen LogP contribution in [0, 0.1) is 5.92 Å². The van der Waals surface area contributed by atoms with E-state index >= 15 is 0 Å². The third-order valence-corrected chi connectivity index (χ3v) is 4.65. The summed E-state index contributed by atoms with van der Waals surface area (Å²) in [5.74, 6) is 1.47. The van der Waals surface area contributed by atoms with E-state index in [4.69, 9.17) is 9.15 Å². The van der Waals surface area contributed by atoms with E-state index in [1.54, 1.807) is 12.1 Å². The van der Waals surface area contributed by atoms with Crippen LogP contribution < -0.4 is 15.4 Å². The predicted molar refractivity (Wildman–Crippen MR) is 105 cm³/mol. The van der Waals surface area contributed by atoms with E-state index in [1.807, 2.05) is 42.5 Å². The van der Waals surface area contributed by atoms with Crippen molar-refractivity contribution in [3.05, 3.63) is 66.1 Å². The van der Waals surface area contributed by atoms with Crippen molar-refractivity contribution < 1.29 is 18.7 Å². The summed E-state index contributed by atoms with van der Waals surface area (Å²) in [5.41, 5.74) is 0. The zero-order chi connectivity index (χ0) is 19.3. The van der Waals surface area contributed by atoms with Crippen LogP contribution in [0.2, 0.25) is 0 Å². The third-order valence-electron chi connectivity index (χ3n) is 4.65. The molecule has 6 heteroatoms. The Hall–Kier alpha value is -3.28. The lowest BCUT2D eigenvalue weighted by Gasteiger charge is -2.06. The third kappa shape index (κ3) is 4.52. The fourth-order valence-electron chi connectivity index (χ4n) is 2.93. The molecule has 1 fully saturated rings. The number of nitrogens with one attached hydrogen (secondary N) is 2. The summed E-state index contributed by atoms with van der Waals surface area (Å²) in [6.07, 6.45) is 1.93. The van der Waals surface area contributed by atoms with E-state index < -0.39 is 0 Å². The minimum atomic E-state index is -0.308. The average Bonchev–Trinajstić information content (AvgIpc) is 3.47. The van der Waals surface area contributed by atoms with E-state index in [2.05, 4.69) is 10.6 Å². The zero-order valence-electron chi connectivity index (χ0n) is 15.4. The second kappa shape index (κ2) is 8.17. The van der Waals surface area contributed by atoms with Crippen molar-refractivity contribution in [2.45, 2.75) is 19.4 Å². The van der Waals surface area contributed by atoms with Crippen LogP contribution in [0.25, 0.3) is 10.8 Å². The molecule has 1 aromatic heterocycles. The highest BCUT2D eigenvalue weighted by Crippen LogP contribution is 2.28. The molecule has 0 atom stereocenters. The number of carbonyl (C=O) groups excluding carboxylic acids is 2. The molecule has 2 N–H and O–H groups in total. The van der Waals surface area contributed by atoms with Gasteiger partial charge >= 0.3 is 0 Å². The van der Waals surface area contributed by atoms with Gasteiger partial charge in [0.15, 0.2) is 5.76 Å². The smallest absolute Gasteiger partial charge is 0.287 e. The number of amides is 2. The second-order valence-corrected chi connectivity index (χ2v) is 6.88. The van der Waals surface area contributed by atoms with Gasteiger partial charge in [-0.2, -0.15) is 0 Å². The maximum absolute atomic E-state index is 12.1. The molecule has 1 heterocycles. The van der Waals surface area contributed by atoms with Gasteiger partial charge in [-0.1, -0.05) is 30.3 Å². The quantitative estimate of drug-likeness (QED) is 0.590. The number of carbonyl (C=O) groups is 2. The number of rotatable bonds is 8. The molecule has 6 nitrogen and oxygen atoms in total.